The van der Waals surface area contributed by atoms with Crippen LogP contribution in [0.5, 0.6) is 5.75 Å². The molecule has 1 heterocycles. The molecule has 0 radical (unpaired) electrons. The average Bonchev–Trinajstić information content (AvgIpc) is 2.91. The van der Waals surface area contributed by atoms with E-state index in [1.165, 1.54) is 0 Å². The molecule has 1 fully saturated rings. The molecule has 1 aromatic carbocycles. The van der Waals surface area contributed by atoms with Gasteiger partial charge < -0.3 is 19.7 Å². The predicted molar refractivity (Wildman–Crippen MR) is 73.6 cm³/mol. The van der Waals surface area contributed by atoms with E-state index < -0.39 is 0 Å². The van der Waals surface area contributed by atoms with Crippen molar-refractivity contribution in [1.82, 2.24) is 4.90 Å². The van der Waals surface area contributed by atoms with Crippen molar-refractivity contribution >= 4 is 11.7 Å². The summed E-state index contributed by atoms with van der Waals surface area (Å²) in [4.78, 5) is 13.7. The zero-order valence-corrected chi connectivity index (χ0v) is 11.4. The van der Waals surface area contributed by atoms with Crippen LogP contribution >= 0.6 is 0 Å². The zero-order chi connectivity index (χ0) is 13.7. The quantitative estimate of drug-likeness (QED) is 0.907. The third kappa shape index (κ3) is 3.86. The lowest BCUT2D eigenvalue weighted by molar-refractivity contribution is 0.175. The summed E-state index contributed by atoms with van der Waals surface area (Å²) in [7, 11) is 3.40. The third-order valence-corrected chi connectivity index (χ3v) is 3.22. The maximum absolute atomic E-state index is 12.0. The Morgan fingerprint density at radius 3 is 3.11 bits per heavy atom. The van der Waals surface area contributed by atoms with Crippen LogP contribution in [0.25, 0.3) is 0 Å². The van der Waals surface area contributed by atoms with Gasteiger partial charge in [-0.1, -0.05) is 6.07 Å². The average molecular weight is 264 g/mol. The molecule has 19 heavy (non-hydrogen) atoms. The summed E-state index contributed by atoms with van der Waals surface area (Å²) in [5.41, 5.74) is 0.735. The van der Waals surface area contributed by atoms with Crippen LogP contribution in [-0.2, 0) is 4.74 Å². The summed E-state index contributed by atoms with van der Waals surface area (Å²) in [6.07, 6.45) is 1.02. The Kier molecular flexibility index (Phi) is 4.63. The van der Waals surface area contributed by atoms with Crippen LogP contribution in [0.2, 0.25) is 0 Å². The summed E-state index contributed by atoms with van der Waals surface area (Å²) < 4.78 is 10.4. The number of anilines is 1. The molecule has 1 aromatic rings. The number of nitrogens with zero attached hydrogens (tertiary/aromatic N) is 1. The Morgan fingerprint density at radius 2 is 2.42 bits per heavy atom. The van der Waals surface area contributed by atoms with Crippen LogP contribution in [0.1, 0.15) is 6.42 Å². The number of rotatable bonds is 4. The fourth-order valence-corrected chi connectivity index (χ4v) is 2.12. The zero-order valence-electron chi connectivity index (χ0n) is 11.4. The Bertz CT molecular complexity index is 430. The molecule has 2 amide bonds. The van der Waals surface area contributed by atoms with Gasteiger partial charge in [-0.15, -0.1) is 0 Å². The number of nitrogens with one attached hydrogen (secondary N) is 1. The largest absolute Gasteiger partial charge is 0.497 e. The molecule has 1 saturated heterocycles. The van der Waals surface area contributed by atoms with Crippen molar-refractivity contribution in [3.63, 3.8) is 0 Å². The van der Waals surface area contributed by atoms with E-state index in [0.29, 0.717) is 5.92 Å². The summed E-state index contributed by atoms with van der Waals surface area (Å²) in [5.74, 6) is 1.17. The molecule has 0 spiro atoms. The van der Waals surface area contributed by atoms with Crippen LogP contribution in [0.15, 0.2) is 24.3 Å². The van der Waals surface area contributed by atoms with Gasteiger partial charge in [0.1, 0.15) is 5.75 Å². The van der Waals surface area contributed by atoms with Gasteiger partial charge in [0.2, 0.25) is 0 Å². The number of benzene rings is 1. The minimum absolute atomic E-state index is 0.111. The molecule has 5 heteroatoms. The molecule has 1 N–H and O–H groups in total. The minimum atomic E-state index is -0.111. The second-order valence-electron chi connectivity index (χ2n) is 4.77. The highest BCUT2D eigenvalue weighted by Crippen LogP contribution is 2.18. The maximum atomic E-state index is 12.0. The van der Waals surface area contributed by atoms with Crippen molar-refractivity contribution in [2.24, 2.45) is 5.92 Å². The highest BCUT2D eigenvalue weighted by Gasteiger charge is 2.20. The summed E-state index contributed by atoms with van der Waals surface area (Å²) in [5, 5.41) is 2.86. The molecular weight excluding hydrogens is 244 g/mol. The van der Waals surface area contributed by atoms with Crippen molar-refractivity contribution in [3.05, 3.63) is 24.3 Å². The number of hydrogen-bond acceptors (Lipinski definition) is 3. The van der Waals surface area contributed by atoms with Crippen molar-refractivity contribution < 1.29 is 14.3 Å². The molecule has 0 bridgehead atoms. The highest BCUT2D eigenvalue weighted by atomic mass is 16.5. The first-order chi connectivity index (χ1) is 9.19. The van der Waals surface area contributed by atoms with Crippen LogP contribution in [0.3, 0.4) is 0 Å². The van der Waals surface area contributed by atoms with Crippen LogP contribution in [0, 0.1) is 5.92 Å². The lowest BCUT2D eigenvalue weighted by atomic mass is 10.1. The third-order valence-electron chi connectivity index (χ3n) is 3.22. The number of amides is 2. The van der Waals surface area contributed by atoms with E-state index in [2.05, 4.69) is 5.32 Å². The standard InChI is InChI=1S/C14H20N2O3/c1-16(9-11-6-7-19-10-11)14(17)15-12-4-3-5-13(8-12)18-2/h3-5,8,11H,6-7,9-10H2,1-2H3,(H,15,17). The Balaban J connectivity index is 1.88. The molecule has 2 rings (SSSR count). The van der Waals surface area contributed by atoms with Gasteiger partial charge in [-0.3, -0.25) is 0 Å². The maximum Gasteiger partial charge on any atom is 0.321 e. The van der Waals surface area contributed by atoms with Crippen molar-refractivity contribution in [3.8, 4) is 5.75 Å². The van der Waals surface area contributed by atoms with Crippen molar-refractivity contribution in [1.29, 1.82) is 0 Å². The van der Waals surface area contributed by atoms with Crippen molar-refractivity contribution in [2.45, 2.75) is 6.42 Å². The molecular formula is C14H20N2O3. The molecule has 0 aromatic heterocycles. The number of hydrogen-bond donors (Lipinski definition) is 1. The van der Waals surface area contributed by atoms with Gasteiger partial charge in [-0.25, -0.2) is 4.79 Å². The van der Waals surface area contributed by atoms with Gasteiger partial charge in [0.25, 0.3) is 0 Å². The number of methoxy groups -OCH3 is 1. The van der Waals surface area contributed by atoms with Crippen LogP contribution < -0.4 is 10.1 Å². The highest BCUT2D eigenvalue weighted by molar-refractivity contribution is 5.89. The second kappa shape index (κ2) is 6.43. The fourth-order valence-electron chi connectivity index (χ4n) is 2.12. The van der Waals surface area contributed by atoms with E-state index in [9.17, 15) is 4.79 Å². The van der Waals surface area contributed by atoms with E-state index in [0.717, 1.165) is 37.6 Å². The summed E-state index contributed by atoms with van der Waals surface area (Å²) >= 11 is 0. The minimum Gasteiger partial charge on any atom is -0.497 e. The van der Waals surface area contributed by atoms with E-state index in [4.69, 9.17) is 9.47 Å². The van der Waals surface area contributed by atoms with Gasteiger partial charge in [0.15, 0.2) is 0 Å². The molecule has 1 aliphatic heterocycles. The van der Waals surface area contributed by atoms with Crippen molar-refractivity contribution in [2.75, 3.05) is 39.2 Å². The number of ether oxygens (including phenoxy) is 2. The van der Waals surface area contributed by atoms with E-state index in [1.807, 2.05) is 18.2 Å². The predicted octanol–water partition coefficient (Wildman–Crippen LogP) is 2.20. The number of carbonyl (C=O) groups is 1. The Morgan fingerprint density at radius 1 is 1.58 bits per heavy atom. The molecule has 104 valence electrons. The Hall–Kier alpha value is -1.75. The molecule has 5 nitrogen and oxygen atoms in total. The molecule has 1 aliphatic rings. The van der Waals surface area contributed by atoms with E-state index in [-0.39, 0.29) is 6.03 Å². The van der Waals surface area contributed by atoms with Gasteiger partial charge in [0.05, 0.1) is 13.7 Å². The smallest absolute Gasteiger partial charge is 0.321 e. The van der Waals surface area contributed by atoms with Gasteiger partial charge >= 0.3 is 6.03 Å². The Labute approximate surface area is 113 Å². The van der Waals surface area contributed by atoms with Gasteiger partial charge in [-0.05, 0) is 18.6 Å². The fraction of sp³-hybridized carbons (Fsp3) is 0.500. The van der Waals surface area contributed by atoms with Gasteiger partial charge in [-0.2, -0.15) is 0 Å². The lowest BCUT2D eigenvalue weighted by Gasteiger charge is -2.21. The van der Waals surface area contributed by atoms with E-state index in [1.54, 1.807) is 25.1 Å². The first-order valence-electron chi connectivity index (χ1n) is 6.43. The summed E-state index contributed by atoms with van der Waals surface area (Å²) in [6, 6.07) is 7.21. The normalized spacial score (nSPS) is 18.1. The topological polar surface area (TPSA) is 50.8 Å². The monoisotopic (exact) mass is 264 g/mol. The van der Waals surface area contributed by atoms with Crippen LogP contribution in [0.4, 0.5) is 10.5 Å². The number of carbonyl (C=O) groups excluding carboxylic acids is 1. The first-order valence-corrected chi connectivity index (χ1v) is 6.43. The summed E-state index contributed by atoms with van der Waals surface area (Å²) in [6.45, 7) is 2.27. The SMILES string of the molecule is COc1cccc(NC(=O)N(C)CC2CCOC2)c1. The molecule has 1 unspecified atom stereocenters. The molecule has 0 aliphatic carbocycles. The molecule has 1 atom stereocenters. The van der Waals surface area contributed by atoms with E-state index >= 15 is 0 Å². The van der Waals surface area contributed by atoms with Crippen LogP contribution in [-0.4, -0.2) is 44.8 Å². The van der Waals surface area contributed by atoms with Gasteiger partial charge in [0, 0.05) is 37.9 Å². The lowest BCUT2D eigenvalue weighted by Crippen LogP contribution is -2.35. The second-order valence-corrected chi connectivity index (χ2v) is 4.77. The molecule has 0 saturated carbocycles. The number of urea groups is 1. The first kappa shape index (κ1) is 13.7.